The molecule has 1 saturated heterocycles. The SMILES string of the molecule is COCCN1C(c2ccccc2Br)N(CCOC)[C@@H]2CCCC[C@H]21.[C-]#[O+].[C-]#[O+].[C-]#[O+].[Cr]. The van der Waals surface area contributed by atoms with Gasteiger partial charge in [0, 0.05) is 61.2 Å². The van der Waals surface area contributed by atoms with Crippen LogP contribution in [-0.2, 0) is 40.8 Å². The summed E-state index contributed by atoms with van der Waals surface area (Å²) in [6, 6.07) is 9.90. The molecule has 0 amide bonds. The van der Waals surface area contributed by atoms with E-state index in [1.165, 1.54) is 35.7 Å². The summed E-state index contributed by atoms with van der Waals surface area (Å²) >= 11 is 3.78. The maximum Gasteiger partial charge on any atom is 0 e. The van der Waals surface area contributed by atoms with Crippen LogP contribution in [0.5, 0.6) is 0 Å². The van der Waals surface area contributed by atoms with Gasteiger partial charge in [-0.2, -0.15) is 0 Å². The van der Waals surface area contributed by atoms with Crippen LogP contribution in [0.4, 0.5) is 0 Å². The Morgan fingerprint density at radius 3 is 1.68 bits per heavy atom. The second-order valence-electron chi connectivity index (χ2n) is 6.78. The van der Waals surface area contributed by atoms with Gasteiger partial charge in [0.15, 0.2) is 0 Å². The van der Waals surface area contributed by atoms with Gasteiger partial charge in [0.05, 0.1) is 19.4 Å². The predicted octanol–water partition coefficient (Wildman–Crippen LogP) is 3.55. The molecule has 1 saturated carbocycles. The van der Waals surface area contributed by atoms with Gasteiger partial charge in [-0.25, -0.2) is 0 Å². The number of hydrogen-bond acceptors (Lipinski definition) is 4. The van der Waals surface area contributed by atoms with Crippen LogP contribution in [0, 0.1) is 20.0 Å². The molecule has 170 valence electrons. The number of nitrogens with zero attached hydrogens (tertiary/aromatic N) is 2. The zero-order chi connectivity index (χ0) is 22.9. The largest absolute Gasteiger partial charge is 0 e. The molecular formula is C22H29BrCrN2O5. The molecule has 0 spiro atoms. The molecule has 2 atom stereocenters. The number of rotatable bonds is 7. The topological polar surface area (TPSA) is 84.6 Å². The third-order valence-electron chi connectivity index (χ3n) is 5.46. The number of benzene rings is 1. The van der Waals surface area contributed by atoms with Gasteiger partial charge in [0.2, 0.25) is 0 Å². The van der Waals surface area contributed by atoms with Crippen molar-refractivity contribution in [2.24, 2.45) is 0 Å². The molecule has 0 N–H and O–H groups in total. The van der Waals surface area contributed by atoms with Gasteiger partial charge in [0.25, 0.3) is 0 Å². The molecule has 31 heavy (non-hydrogen) atoms. The van der Waals surface area contributed by atoms with Crippen molar-refractivity contribution >= 4 is 15.9 Å². The summed E-state index contributed by atoms with van der Waals surface area (Å²) in [4.78, 5) is 5.34. The van der Waals surface area contributed by atoms with E-state index in [9.17, 15) is 0 Å². The van der Waals surface area contributed by atoms with Crippen LogP contribution < -0.4 is 0 Å². The first-order chi connectivity index (χ1) is 14.8. The van der Waals surface area contributed by atoms with Gasteiger partial charge >= 0.3 is 33.9 Å². The van der Waals surface area contributed by atoms with E-state index in [1.54, 1.807) is 14.2 Å². The van der Waals surface area contributed by atoms with E-state index in [-0.39, 0.29) is 17.4 Å². The maximum absolute atomic E-state index is 7.50. The Hall–Kier alpha value is -0.708. The minimum absolute atomic E-state index is 0. The number of ether oxygens (including phenoxy) is 2. The Bertz CT molecular complexity index is 620. The summed E-state index contributed by atoms with van der Waals surface area (Å²) in [5, 5.41) is 0. The normalized spacial score (nSPS) is 20.3. The molecular weight excluding hydrogens is 504 g/mol. The van der Waals surface area contributed by atoms with E-state index in [2.05, 4.69) is 69.9 Å². The molecule has 0 radical (unpaired) electrons. The first kappa shape index (κ1) is 32.5. The maximum atomic E-state index is 7.50. The van der Waals surface area contributed by atoms with Gasteiger partial charge in [-0.1, -0.05) is 47.0 Å². The fraction of sp³-hybridized carbons (Fsp3) is 0.591. The molecule has 3 rings (SSSR count). The summed E-state index contributed by atoms with van der Waals surface area (Å²) < 4.78 is 34.5. The van der Waals surface area contributed by atoms with Crippen LogP contribution in [0.15, 0.2) is 28.7 Å². The number of hydrogen-bond donors (Lipinski definition) is 0. The van der Waals surface area contributed by atoms with Crippen LogP contribution in [0.25, 0.3) is 0 Å². The van der Waals surface area contributed by atoms with Gasteiger partial charge in [-0.05, 0) is 24.5 Å². The Morgan fingerprint density at radius 1 is 0.871 bits per heavy atom. The second-order valence-corrected chi connectivity index (χ2v) is 7.63. The third kappa shape index (κ3) is 8.98. The van der Waals surface area contributed by atoms with E-state index in [4.69, 9.17) is 23.4 Å². The summed E-state index contributed by atoms with van der Waals surface area (Å²) in [6.45, 7) is 17.0. The molecule has 1 aromatic rings. The number of halogens is 1. The monoisotopic (exact) mass is 532 g/mol. The van der Waals surface area contributed by atoms with Crippen molar-refractivity contribution in [1.82, 2.24) is 9.80 Å². The van der Waals surface area contributed by atoms with E-state index < -0.39 is 0 Å². The molecule has 2 fully saturated rings. The Morgan fingerprint density at radius 2 is 1.29 bits per heavy atom. The average Bonchev–Trinajstić information content (AvgIpc) is 3.13. The van der Waals surface area contributed by atoms with E-state index in [0.29, 0.717) is 18.2 Å². The van der Waals surface area contributed by atoms with Crippen molar-refractivity contribution in [1.29, 1.82) is 0 Å². The number of methoxy groups -OCH3 is 2. The van der Waals surface area contributed by atoms with Crippen molar-refractivity contribution in [2.45, 2.75) is 43.9 Å². The zero-order valence-electron chi connectivity index (χ0n) is 17.9. The molecule has 9 heteroatoms. The van der Waals surface area contributed by atoms with E-state index >= 15 is 0 Å². The molecule has 0 aromatic heterocycles. The summed E-state index contributed by atoms with van der Waals surface area (Å²) in [6.07, 6.45) is 5.56. The fourth-order valence-corrected chi connectivity index (χ4v) is 4.92. The van der Waals surface area contributed by atoms with E-state index in [1.807, 2.05) is 0 Å². The minimum Gasteiger partial charge on any atom is 0 e. The zero-order valence-corrected chi connectivity index (χ0v) is 20.8. The summed E-state index contributed by atoms with van der Waals surface area (Å²) in [5.74, 6) is 0. The third-order valence-corrected chi connectivity index (χ3v) is 6.19. The van der Waals surface area contributed by atoms with Crippen molar-refractivity contribution in [2.75, 3.05) is 40.5 Å². The second kappa shape index (κ2) is 19.9. The smallest absolute Gasteiger partial charge is 0 e. The van der Waals surface area contributed by atoms with Crippen LogP contribution in [0.1, 0.15) is 37.4 Å². The van der Waals surface area contributed by atoms with Crippen LogP contribution in [-0.4, -0.2) is 62.4 Å². The fourth-order valence-electron chi connectivity index (χ4n) is 4.43. The van der Waals surface area contributed by atoms with Crippen molar-refractivity contribution in [3.05, 3.63) is 54.3 Å². The molecule has 1 aromatic carbocycles. The average molecular weight is 533 g/mol. The molecule has 1 aliphatic heterocycles. The molecule has 0 unspecified atom stereocenters. The van der Waals surface area contributed by atoms with Crippen LogP contribution >= 0.6 is 15.9 Å². The van der Waals surface area contributed by atoms with Crippen LogP contribution in [0.3, 0.4) is 0 Å². The van der Waals surface area contributed by atoms with E-state index in [0.717, 1.165) is 26.3 Å². The van der Waals surface area contributed by atoms with Gasteiger partial charge in [-0.3, -0.25) is 9.80 Å². The molecule has 7 nitrogen and oxygen atoms in total. The number of fused-ring (bicyclic) bond motifs is 1. The molecule has 0 bridgehead atoms. The predicted molar refractivity (Wildman–Crippen MR) is 112 cm³/mol. The Balaban J connectivity index is 0. The minimum atomic E-state index is 0. The summed E-state index contributed by atoms with van der Waals surface area (Å²) in [7, 11) is 3.59. The van der Waals surface area contributed by atoms with Gasteiger partial charge in [-0.15, -0.1) is 0 Å². The molecule has 1 heterocycles. The van der Waals surface area contributed by atoms with Gasteiger partial charge in [0.1, 0.15) is 0 Å². The first-order valence-electron chi connectivity index (χ1n) is 9.63. The molecule has 2 aliphatic rings. The summed E-state index contributed by atoms with van der Waals surface area (Å²) in [5.41, 5.74) is 1.36. The van der Waals surface area contributed by atoms with Crippen molar-refractivity contribution in [3.8, 4) is 0 Å². The quantitative estimate of drug-likeness (QED) is 0.397. The Labute approximate surface area is 204 Å². The first-order valence-corrected chi connectivity index (χ1v) is 10.4. The van der Waals surface area contributed by atoms with Crippen molar-refractivity contribution in [3.63, 3.8) is 0 Å². The van der Waals surface area contributed by atoms with Crippen molar-refractivity contribution < 1.29 is 40.8 Å². The molecule has 1 aliphatic carbocycles. The standard InChI is InChI=1S/C19H29BrN2O2.3CO.Cr/c1-23-13-11-21-17-9-5-6-10-18(17)22(12-14-24-2)19(21)15-7-3-4-8-16(15)20;3*1-2;/h3-4,7-8,17-19H,5-6,9-14H2,1-2H3;;;;/t17-,18-;;;;/m1..../s1. The Kier molecular flexibility index (Phi) is 20.9. The van der Waals surface area contributed by atoms with Crippen LogP contribution in [0.2, 0.25) is 0 Å². The van der Waals surface area contributed by atoms with Gasteiger partial charge < -0.3 is 9.47 Å².